The van der Waals surface area contributed by atoms with Gasteiger partial charge in [-0.05, 0) is 43.4 Å². The highest BCUT2D eigenvalue weighted by molar-refractivity contribution is 5.32. The lowest BCUT2D eigenvalue weighted by Crippen LogP contribution is -2.26. The number of hydrogen-bond donors (Lipinski definition) is 0. The lowest BCUT2D eigenvalue weighted by Gasteiger charge is -2.22. The maximum absolute atomic E-state index is 8.79. The van der Waals surface area contributed by atoms with Crippen molar-refractivity contribution in [1.82, 2.24) is 10.1 Å². The summed E-state index contributed by atoms with van der Waals surface area (Å²) in [6.07, 6.45) is 4.72. The van der Waals surface area contributed by atoms with Gasteiger partial charge in [0, 0.05) is 7.11 Å². The minimum atomic E-state index is -0.369. The van der Waals surface area contributed by atoms with Crippen LogP contribution in [-0.4, -0.2) is 17.3 Å². The Hall–Kier alpha value is -2.19. The normalized spacial score (nSPS) is 16.8. The molecule has 1 fully saturated rings. The van der Waals surface area contributed by atoms with Gasteiger partial charge < -0.3 is 9.26 Å². The Morgan fingerprint density at radius 3 is 2.62 bits per heavy atom. The molecule has 0 aliphatic heterocycles. The van der Waals surface area contributed by atoms with Gasteiger partial charge >= 0.3 is 0 Å². The van der Waals surface area contributed by atoms with Gasteiger partial charge in [-0.1, -0.05) is 17.3 Å². The first kappa shape index (κ1) is 13.8. The predicted molar refractivity (Wildman–Crippen MR) is 75.4 cm³/mol. The van der Waals surface area contributed by atoms with Crippen LogP contribution in [0.25, 0.3) is 0 Å². The van der Waals surface area contributed by atoms with Crippen LogP contribution in [-0.2, 0) is 16.8 Å². The number of hydrogen-bond acceptors (Lipinski definition) is 5. The van der Waals surface area contributed by atoms with Crippen molar-refractivity contribution in [3.05, 3.63) is 47.1 Å². The van der Waals surface area contributed by atoms with E-state index < -0.39 is 0 Å². The SMILES string of the molecule is COC1(c2noc(Cc3ccc(C#N)cc3)n2)CCCC1. The van der Waals surface area contributed by atoms with E-state index in [1.165, 1.54) is 0 Å². The van der Waals surface area contributed by atoms with Crippen molar-refractivity contribution in [2.45, 2.75) is 37.7 Å². The molecule has 5 heteroatoms. The Balaban J connectivity index is 1.77. The first-order chi connectivity index (χ1) is 10.3. The second-order valence-corrected chi connectivity index (χ2v) is 5.40. The molecular weight excluding hydrogens is 266 g/mol. The quantitative estimate of drug-likeness (QED) is 0.862. The molecule has 5 nitrogen and oxygen atoms in total. The Bertz CT molecular complexity index is 649. The molecule has 0 unspecified atom stereocenters. The lowest BCUT2D eigenvalue weighted by atomic mass is 10.0. The van der Waals surface area contributed by atoms with E-state index in [1.807, 2.05) is 12.1 Å². The van der Waals surface area contributed by atoms with E-state index in [9.17, 15) is 0 Å². The van der Waals surface area contributed by atoms with Crippen molar-refractivity contribution in [2.75, 3.05) is 7.11 Å². The minimum Gasteiger partial charge on any atom is -0.370 e. The number of nitrogens with zero attached hydrogens (tertiary/aromatic N) is 3. The maximum atomic E-state index is 8.79. The molecule has 1 aromatic carbocycles. The number of aromatic nitrogens is 2. The standard InChI is InChI=1S/C16H17N3O2/c1-20-16(8-2-3-9-16)15-18-14(21-19-15)10-12-4-6-13(11-17)7-5-12/h4-7H,2-3,8-10H2,1H3. The number of methoxy groups -OCH3 is 1. The Kier molecular flexibility index (Phi) is 3.72. The van der Waals surface area contributed by atoms with Crippen LogP contribution >= 0.6 is 0 Å². The molecule has 1 saturated carbocycles. The molecule has 0 bridgehead atoms. The fraction of sp³-hybridized carbons (Fsp3) is 0.438. The zero-order valence-electron chi connectivity index (χ0n) is 12.0. The molecule has 1 aliphatic rings. The highest BCUT2D eigenvalue weighted by Gasteiger charge is 2.40. The third-order valence-corrected chi connectivity index (χ3v) is 4.12. The van der Waals surface area contributed by atoms with Crippen LogP contribution < -0.4 is 0 Å². The molecule has 0 saturated heterocycles. The van der Waals surface area contributed by atoms with E-state index in [1.54, 1.807) is 19.2 Å². The summed E-state index contributed by atoms with van der Waals surface area (Å²) in [7, 11) is 1.71. The lowest BCUT2D eigenvalue weighted by molar-refractivity contribution is -0.0178. The maximum Gasteiger partial charge on any atom is 0.231 e. The van der Waals surface area contributed by atoms with Gasteiger partial charge in [0.2, 0.25) is 11.7 Å². The van der Waals surface area contributed by atoms with Crippen molar-refractivity contribution < 1.29 is 9.26 Å². The van der Waals surface area contributed by atoms with Gasteiger partial charge in [0.05, 0.1) is 18.1 Å². The van der Waals surface area contributed by atoms with Gasteiger partial charge in [0.25, 0.3) is 0 Å². The third-order valence-electron chi connectivity index (χ3n) is 4.12. The van der Waals surface area contributed by atoms with Gasteiger partial charge in [-0.15, -0.1) is 0 Å². The molecule has 0 spiro atoms. The van der Waals surface area contributed by atoms with E-state index in [4.69, 9.17) is 14.5 Å². The van der Waals surface area contributed by atoms with Crippen LogP contribution in [0.2, 0.25) is 0 Å². The van der Waals surface area contributed by atoms with Gasteiger partial charge in [-0.2, -0.15) is 10.2 Å². The number of ether oxygens (including phenoxy) is 1. The summed E-state index contributed by atoms with van der Waals surface area (Å²) in [6.45, 7) is 0. The van der Waals surface area contributed by atoms with Crippen molar-refractivity contribution in [3.63, 3.8) is 0 Å². The molecular formula is C16H17N3O2. The average molecular weight is 283 g/mol. The predicted octanol–water partition coefficient (Wildman–Crippen LogP) is 2.95. The van der Waals surface area contributed by atoms with E-state index in [-0.39, 0.29) is 5.60 Å². The summed E-state index contributed by atoms with van der Waals surface area (Å²) in [5, 5.41) is 12.9. The first-order valence-electron chi connectivity index (χ1n) is 7.13. The molecule has 1 aromatic heterocycles. The van der Waals surface area contributed by atoms with Gasteiger partial charge in [-0.3, -0.25) is 0 Å². The zero-order chi connectivity index (χ0) is 14.7. The summed E-state index contributed by atoms with van der Waals surface area (Å²) < 4.78 is 11.0. The van der Waals surface area contributed by atoms with Crippen molar-refractivity contribution in [2.24, 2.45) is 0 Å². The zero-order valence-corrected chi connectivity index (χ0v) is 12.0. The van der Waals surface area contributed by atoms with Crippen LogP contribution in [0.5, 0.6) is 0 Å². The van der Waals surface area contributed by atoms with Crippen molar-refractivity contribution in [3.8, 4) is 6.07 Å². The van der Waals surface area contributed by atoms with E-state index in [2.05, 4.69) is 16.2 Å². The van der Waals surface area contributed by atoms with E-state index >= 15 is 0 Å². The smallest absolute Gasteiger partial charge is 0.231 e. The van der Waals surface area contributed by atoms with E-state index in [0.717, 1.165) is 31.2 Å². The molecule has 1 heterocycles. The molecule has 0 atom stereocenters. The average Bonchev–Trinajstić information content (AvgIpc) is 3.17. The fourth-order valence-electron chi connectivity index (χ4n) is 2.85. The summed E-state index contributed by atoms with van der Waals surface area (Å²) in [5.74, 6) is 1.24. The molecule has 1 aliphatic carbocycles. The summed E-state index contributed by atoms with van der Waals surface area (Å²) >= 11 is 0. The minimum absolute atomic E-state index is 0.369. The molecule has 3 rings (SSSR count). The van der Waals surface area contributed by atoms with Crippen LogP contribution in [0, 0.1) is 11.3 Å². The van der Waals surface area contributed by atoms with Crippen LogP contribution in [0.15, 0.2) is 28.8 Å². The van der Waals surface area contributed by atoms with Crippen molar-refractivity contribution in [1.29, 1.82) is 5.26 Å². The third kappa shape index (κ3) is 2.67. The van der Waals surface area contributed by atoms with E-state index in [0.29, 0.717) is 23.7 Å². The van der Waals surface area contributed by atoms with Gasteiger partial charge in [0.1, 0.15) is 5.60 Å². The van der Waals surface area contributed by atoms with Gasteiger partial charge in [-0.25, -0.2) is 0 Å². The second-order valence-electron chi connectivity index (χ2n) is 5.40. The molecule has 21 heavy (non-hydrogen) atoms. The van der Waals surface area contributed by atoms with Crippen LogP contribution in [0.4, 0.5) is 0 Å². The summed E-state index contributed by atoms with van der Waals surface area (Å²) in [5.41, 5.74) is 1.32. The first-order valence-corrected chi connectivity index (χ1v) is 7.13. The molecule has 0 radical (unpaired) electrons. The summed E-state index contributed by atoms with van der Waals surface area (Å²) in [6, 6.07) is 9.50. The fourth-order valence-corrected chi connectivity index (χ4v) is 2.85. The highest BCUT2D eigenvalue weighted by Crippen LogP contribution is 2.40. The van der Waals surface area contributed by atoms with Crippen molar-refractivity contribution >= 4 is 0 Å². The van der Waals surface area contributed by atoms with Crippen LogP contribution in [0.1, 0.15) is 48.5 Å². The Labute approximate surface area is 123 Å². The van der Waals surface area contributed by atoms with Gasteiger partial charge in [0.15, 0.2) is 0 Å². The molecule has 0 N–H and O–H groups in total. The van der Waals surface area contributed by atoms with Crippen LogP contribution in [0.3, 0.4) is 0 Å². The number of nitriles is 1. The second kappa shape index (κ2) is 5.66. The topological polar surface area (TPSA) is 71.9 Å². The number of rotatable bonds is 4. The Morgan fingerprint density at radius 1 is 1.29 bits per heavy atom. The number of benzene rings is 1. The summed E-state index contributed by atoms with van der Waals surface area (Å²) in [4.78, 5) is 4.51. The monoisotopic (exact) mass is 283 g/mol. The Morgan fingerprint density at radius 2 is 2.00 bits per heavy atom. The largest absolute Gasteiger partial charge is 0.370 e. The molecule has 0 amide bonds. The molecule has 2 aromatic rings. The highest BCUT2D eigenvalue weighted by atomic mass is 16.5. The molecule has 108 valence electrons.